The van der Waals surface area contributed by atoms with Crippen molar-refractivity contribution in [3.8, 4) is 0 Å². The highest BCUT2D eigenvalue weighted by molar-refractivity contribution is 7.90. The lowest BCUT2D eigenvalue weighted by atomic mass is 10.2. The number of rotatable bonds is 4. The number of nitrogens with zero attached hydrogens (tertiary/aromatic N) is 1. The van der Waals surface area contributed by atoms with Gasteiger partial charge in [-0.3, -0.25) is 0 Å². The average Bonchev–Trinajstić information content (AvgIpc) is 2.26. The van der Waals surface area contributed by atoms with Gasteiger partial charge in [0, 0.05) is 6.42 Å². The quantitative estimate of drug-likeness (QED) is 0.608. The minimum absolute atomic E-state index is 0.221. The van der Waals surface area contributed by atoms with E-state index >= 15 is 0 Å². The maximum Gasteiger partial charge on any atom is 0.389 e. The molecule has 6 heteroatoms. The smallest absolute Gasteiger partial charge is 0.389 e. The summed E-state index contributed by atoms with van der Waals surface area (Å²) in [6.07, 6.45) is -5.36. The first-order valence-electron chi connectivity index (χ1n) is 5.37. The Kier molecular flexibility index (Phi) is 5.22. The Morgan fingerprint density at radius 2 is 1.83 bits per heavy atom. The van der Waals surface area contributed by atoms with Gasteiger partial charge in [0.15, 0.2) is 4.90 Å². The van der Waals surface area contributed by atoms with Gasteiger partial charge in [0.2, 0.25) is 0 Å². The molecule has 0 heterocycles. The number of alkyl halides is 3. The zero-order valence-corrected chi connectivity index (χ0v) is 10.9. The average molecular weight is 277 g/mol. The molecule has 0 aliphatic carbocycles. The molecular weight excluding hydrogens is 263 g/mol. The Hall–Kier alpha value is -1.01. The summed E-state index contributed by atoms with van der Waals surface area (Å²) in [7, 11) is 0. The first-order valence-corrected chi connectivity index (χ1v) is 6.48. The topological polar surface area (TPSA) is 35.4 Å². The lowest BCUT2D eigenvalue weighted by Gasteiger charge is -2.07. The van der Waals surface area contributed by atoms with Gasteiger partial charge in [-0.25, -0.2) is 0 Å². The third-order valence-corrected chi connectivity index (χ3v) is 3.38. The standard InChI is InChI=1S/C12H14F3NOS/c1-9-3-5-11(6-4-9)18(17)16-10(2)7-8-12(13,14)15/h3-6H,7-8H2,1-2H3/b16-10-. The molecule has 0 aliphatic heterocycles. The molecule has 0 saturated carbocycles. The zero-order valence-electron chi connectivity index (χ0n) is 10.1. The summed E-state index contributed by atoms with van der Waals surface area (Å²) in [5.41, 5.74) is 1.26. The van der Waals surface area contributed by atoms with Crippen LogP contribution >= 0.6 is 0 Å². The number of aryl methyl sites for hydroxylation is 1. The molecule has 0 radical (unpaired) electrons. The van der Waals surface area contributed by atoms with E-state index in [1.54, 1.807) is 24.3 Å². The van der Waals surface area contributed by atoms with Crippen LogP contribution in [0.3, 0.4) is 0 Å². The summed E-state index contributed by atoms with van der Waals surface area (Å²) >= 11 is -1.63. The van der Waals surface area contributed by atoms with Crippen LogP contribution in [0.4, 0.5) is 13.2 Å². The highest BCUT2D eigenvalue weighted by Gasteiger charge is 2.27. The number of hydrogen-bond donors (Lipinski definition) is 0. The maximum atomic E-state index is 12.0. The van der Waals surface area contributed by atoms with E-state index in [-0.39, 0.29) is 12.1 Å². The van der Waals surface area contributed by atoms with Crippen LogP contribution in [-0.4, -0.2) is 16.4 Å². The Morgan fingerprint density at radius 1 is 1.28 bits per heavy atom. The maximum absolute atomic E-state index is 12.0. The summed E-state index contributed by atoms with van der Waals surface area (Å²) < 4.78 is 51.5. The number of hydrogen-bond acceptors (Lipinski definition) is 2. The molecule has 0 bridgehead atoms. The Labute approximate surface area is 107 Å². The molecule has 0 N–H and O–H groups in total. The molecule has 18 heavy (non-hydrogen) atoms. The van der Waals surface area contributed by atoms with E-state index in [1.807, 2.05) is 6.92 Å². The van der Waals surface area contributed by atoms with Crippen LogP contribution in [0, 0.1) is 6.92 Å². The monoisotopic (exact) mass is 277 g/mol. The van der Waals surface area contributed by atoms with E-state index in [0.29, 0.717) is 4.90 Å². The second-order valence-electron chi connectivity index (χ2n) is 4.00. The van der Waals surface area contributed by atoms with Crippen LogP contribution in [0.25, 0.3) is 0 Å². The SMILES string of the molecule is C/C(CCC(F)(F)F)=N/[S+]([O-])c1ccc(C)cc1. The van der Waals surface area contributed by atoms with Gasteiger partial charge in [-0.15, -0.1) is 0 Å². The Balaban J connectivity index is 2.62. The van der Waals surface area contributed by atoms with Crippen LogP contribution in [0.2, 0.25) is 0 Å². The third-order valence-electron chi connectivity index (χ3n) is 2.23. The summed E-state index contributed by atoms with van der Waals surface area (Å²) in [4.78, 5) is 0.493. The minimum atomic E-state index is -4.21. The molecule has 1 aromatic rings. The summed E-state index contributed by atoms with van der Waals surface area (Å²) in [5.74, 6) is 0. The van der Waals surface area contributed by atoms with Gasteiger partial charge in [0.05, 0.1) is 5.71 Å². The van der Waals surface area contributed by atoms with Crippen molar-refractivity contribution in [1.82, 2.24) is 0 Å². The van der Waals surface area contributed by atoms with Gasteiger partial charge in [0.1, 0.15) is 11.4 Å². The van der Waals surface area contributed by atoms with Crippen molar-refractivity contribution in [1.29, 1.82) is 0 Å². The fourth-order valence-electron chi connectivity index (χ4n) is 1.22. The predicted molar refractivity (Wildman–Crippen MR) is 66.0 cm³/mol. The van der Waals surface area contributed by atoms with Crippen LogP contribution in [0.5, 0.6) is 0 Å². The van der Waals surface area contributed by atoms with Crippen LogP contribution < -0.4 is 0 Å². The number of halogens is 3. The van der Waals surface area contributed by atoms with Gasteiger partial charge in [0.25, 0.3) is 0 Å². The van der Waals surface area contributed by atoms with Crippen molar-refractivity contribution >= 4 is 17.1 Å². The molecular formula is C12H14F3NOS. The van der Waals surface area contributed by atoms with E-state index in [4.69, 9.17) is 0 Å². The normalized spacial score (nSPS) is 14.7. The van der Waals surface area contributed by atoms with E-state index in [0.717, 1.165) is 5.56 Å². The Bertz CT molecular complexity index is 414. The van der Waals surface area contributed by atoms with Crippen LogP contribution in [-0.2, 0) is 11.4 Å². The van der Waals surface area contributed by atoms with Gasteiger partial charge < -0.3 is 4.55 Å². The molecule has 2 nitrogen and oxygen atoms in total. The lowest BCUT2D eigenvalue weighted by molar-refractivity contribution is -0.132. The van der Waals surface area contributed by atoms with Crippen molar-refractivity contribution in [3.05, 3.63) is 29.8 Å². The molecule has 1 atom stereocenters. The Morgan fingerprint density at radius 3 is 2.33 bits per heavy atom. The fraction of sp³-hybridized carbons (Fsp3) is 0.417. The minimum Gasteiger partial charge on any atom is -0.586 e. The van der Waals surface area contributed by atoms with E-state index in [9.17, 15) is 17.7 Å². The highest BCUT2D eigenvalue weighted by atomic mass is 32.2. The van der Waals surface area contributed by atoms with Gasteiger partial charge >= 0.3 is 6.18 Å². The molecule has 0 fully saturated rings. The second kappa shape index (κ2) is 6.24. The molecule has 1 rings (SSSR count). The van der Waals surface area contributed by atoms with Crippen molar-refractivity contribution in [3.63, 3.8) is 0 Å². The zero-order chi connectivity index (χ0) is 13.8. The third kappa shape index (κ3) is 5.55. The van der Waals surface area contributed by atoms with E-state index < -0.39 is 24.0 Å². The predicted octanol–water partition coefficient (Wildman–Crippen LogP) is 3.82. The molecule has 0 saturated heterocycles. The summed E-state index contributed by atoms with van der Waals surface area (Å²) in [6, 6.07) is 6.89. The largest absolute Gasteiger partial charge is 0.586 e. The van der Waals surface area contributed by atoms with E-state index in [1.165, 1.54) is 6.92 Å². The molecule has 100 valence electrons. The molecule has 1 unspecified atom stereocenters. The fourth-order valence-corrected chi connectivity index (χ4v) is 2.07. The molecule has 0 amide bonds. The van der Waals surface area contributed by atoms with Gasteiger partial charge in [-0.1, -0.05) is 22.1 Å². The van der Waals surface area contributed by atoms with Crippen molar-refractivity contribution < 1.29 is 17.7 Å². The molecule has 0 aromatic heterocycles. The summed E-state index contributed by atoms with van der Waals surface area (Å²) in [5, 5.41) is 0. The van der Waals surface area contributed by atoms with Crippen molar-refractivity contribution in [2.24, 2.45) is 4.40 Å². The van der Waals surface area contributed by atoms with E-state index in [2.05, 4.69) is 4.40 Å². The first-order chi connectivity index (χ1) is 8.28. The van der Waals surface area contributed by atoms with Gasteiger partial charge in [-0.2, -0.15) is 13.2 Å². The lowest BCUT2D eigenvalue weighted by Crippen LogP contribution is -2.10. The molecule has 0 spiro atoms. The first kappa shape index (κ1) is 15.0. The van der Waals surface area contributed by atoms with Gasteiger partial charge in [-0.05, 0) is 32.4 Å². The molecule has 0 aliphatic rings. The second-order valence-corrected chi connectivity index (χ2v) is 5.16. The molecule has 1 aromatic carbocycles. The summed E-state index contributed by atoms with van der Waals surface area (Å²) in [6.45, 7) is 3.35. The highest BCUT2D eigenvalue weighted by Crippen LogP contribution is 2.22. The van der Waals surface area contributed by atoms with Crippen LogP contribution in [0.15, 0.2) is 33.6 Å². The van der Waals surface area contributed by atoms with Crippen molar-refractivity contribution in [2.45, 2.75) is 37.8 Å². The van der Waals surface area contributed by atoms with Crippen molar-refractivity contribution in [2.75, 3.05) is 0 Å². The number of benzene rings is 1. The van der Waals surface area contributed by atoms with Crippen LogP contribution in [0.1, 0.15) is 25.3 Å².